The molecule has 0 aromatic heterocycles. The number of aliphatic hydroxyl groups excluding tert-OH is 1. The molecule has 0 spiro atoms. The Morgan fingerprint density at radius 1 is 1.78 bits per heavy atom. The zero-order valence-electron chi connectivity index (χ0n) is 5.67. The quantitative estimate of drug-likeness (QED) is 0.561. The van der Waals surface area contributed by atoms with Gasteiger partial charge < -0.3 is 5.11 Å². The summed E-state index contributed by atoms with van der Waals surface area (Å²) in [7, 11) is 0. The Morgan fingerprint density at radius 2 is 2.56 bits per heavy atom. The molecule has 0 bridgehead atoms. The van der Waals surface area contributed by atoms with Crippen molar-refractivity contribution in [3.05, 3.63) is 23.8 Å². The second-order valence-electron chi connectivity index (χ2n) is 2.55. The van der Waals surface area contributed by atoms with Crippen LogP contribution >= 0.6 is 0 Å². The van der Waals surface area contributed by atoms with Crippen molar-refractivity contribution in [3.8, 4) is 0 Å². The smallest absolute Gasteiger partial charge is 0.0645 e. The minimum atomic E-state index is 0.217. The summed E-state index contributed by atoms with van der Waals surface area (Å²) in [5.41, 5.74) is 1.14. The summed E-state index contributed by atoms with van der Waals surface area (Å²) in [6, 6.07) is 0. The molecule has 0 amide bonds. The number of hydrogen-bond donors (Lipinski definition) is 1. The summed E-state index contributed by atoms with van der Waals surface area (Å²) in [5, 5.41) is 8.71. The molecule has 0 fully saturated rings. The van der Waals surface area contributed by atoms with Gasteiger partial charge in [0.25, 0.3) is 0 Å². The van der Waals surface area contributed by atoms with Crippen LogP contribution in [0.25, 0.3) is 0 Å². The van der Waals surface area contributed by atoms with Crippen LogP contribution in [0.15, 0.2) is 23.8 Å². The fourth-order valence-corrected chi connectivity index (χ4v) is 1.05. The molecule has 9 heavy (non-hydrogen) atoms. The number of allylic oxidation sites excluding steroid dienone is 3. The van der Waals surface area contributed by atoms with Gasteiger partial charge in [-0.25, -0.2) is 0 Å². The molecular formula is C8H12O. The SMILES string of the molecule is CC1C=CC=C(CO)C1. The molecule has 0 saturated heterocycles. The standard InChI is InChI=1S/C8H12O/c1-7-3-2-4-8(5-7)6-9/h2-4,7,9H,5-6H2,1H3. The van der Waals surface area contributed by atoms with Gasteiger partial charge in [-0.15, -0.1) is 0 Å². The van der Waals surface area contributed by atoms with Crippen molar-refractivity contribution >= 4 is 0 Å². The highest BCUT2D eigenvalue weighted by Gasteiger charge is 2.03. The van der Waals surface area contributed by atoms with Crippen molar-refractivity contribution in [2.24, 2.45) is 5.92 Å². The average molecular weight is 124 g/mol. The van der Waals surface area contributed by atoms with E-state index in [9.17, 15) is 0 Å². The van der Waals surface area contributed by atoms with Crippen molar-refractivity contribution in [1.29, 1.82) is 0 Å². The van der Waals surface area contributed by atoms with Gasteiger partial charge >= 0.3 is 0 Å². The molecule has 0 saturated carbocycles. The van der Waals surface area contributed by atoms with E-state index in [0.717, 1.165) is 12.0 Å². The highest BCUT2D eigenvalue weighted by molar-refractivity contribution is 5.19. The third-order valence-corrected chi connectivity index (χ3v) is 1.56. The van der Waals surface area contributed by atoms with E-state index in [-0.39, 0.29) is 6.61 Å². The van der Waals surface area contributed by atoms with E-state index in [2.05, 4.69) is 13.0 Å². The highest BCUT2D eigenvalue weighted by atomic mass is 16.3. The lowest BCUT2D eigenvalue weighted by atomic mass is 9.97. The molecular weight excluding hydrogens is 112 g/mol. The summed E-state index contributed by atoms with van der Waals surface area (Å²) in [6.07, 6.45) is 7.17. The second kappa shape index (κ2) is 2.83. The molecule has 1 unspecified atom stereocenters. The van der Waals surface area contributed by atoms with Crippen LogP contribution in [0.4, 0.5) is 0 Å². The van der Waals surface area contributed by atoms with E-state index < -0.39 is 0 Å². The van der Waals surface area contributed by atoms with Crippen LogP contribution in [0.1, 0.15) is 13.3 Å². The Bertz CT molecular complexity index is 145. The zero-order chi connectivity index (χ0) is 6.69. The number of aliphatic hydroxyl groups is 1. The van der Waals surface area contributed by atoms with Crippen LogP contribution in [0.2, 0.25) is 0 Å². The van der Waals surface area contributed by atoms with Crippen molar-refractivity contribution in [2.75, 3.05) is 6.61 Å². The minimum Gasteiger partial charge on any atom is -0.392 e. The number of hydrogen-bond acceptors (Lipinski definition) is 1. The molecule has 1 nitrogen and oxygen atoms in total. The van der Waals surface area contributed by atoms with Crippen molar-refractivity contribution in [3.63, 3.8) is 0 Å². The predicted octanol–water partition coefficient (Wildman–Crippen LogP) is 1.50. The van der Waals surface area contributed by atoms with Crippen LogP contribution in [-0.4, -0.2) is 11.7 Å². The molecule has 1 N–H and O–H groups in total. The van der Waals surface area contributed by atoms with Crippen LogP contribution in [0, 0.1) is 5.92 Å². The second-order valence-corrected chi connectivity index (χ2v) is 2.55. The van der Waals surface area contributed by atoms with E-state index in [1.165, 1.54) is 0 Å². The van der Waals surface area contributed by atoms with Crippen molar-refractivity contribution < 1.29 is 5.11 Å². The van der Waals surface area contributed by atoms with E-state index >= 15 is 0 Å². The molecule has 1 rings (SSSR count). The zero-order valence-corrected chi connectivity index (χ0v) is 5.67. The van der Waals surface area contributed by atoms with Gasteiger partial charge in [0.1, 0.15) is 0 Å². The third kappa shape index (κ3) is 1.68. The van der Waals surface area contributed by atoms with Crippen LogP contribution in [-0.2, 0) is 0 Å². The van der Waals surface area contributed by atoms with Gasteiger partial charge in [0.15, 0.2) is 0 Å². The van der Waals surface area contributed by atoms with E-state index in [1.54, 1.807) is 0 Å². The molecule has 1 atom stereocenters. The molecule has 0 aliphatic heterocycles. The fraction of sp³-hybridized carbons (Fsp3) is 0.500. The van der Waals surface area contributed by atoms with Gasteiger partial charge in [-0.05, 0) is 17.9 Å². The van der Waals surface area contributed by atoms with Crippen molar-refractivity contribution in [1.82, 2.24) is 0 Å². The van der Waals surface area contributed by atoms with Gasteiger partial charge in [-0.1, -0.05) is 25.2 Å². The average Bonchev–Trinajstić information content (AvgIpc) is 1.88. The van der Waals surface area contributed by atoms with E-state index in [1.807, 2.05) is 12.2 Å². The van der Waals surface area contributed by atoms with E-state index in [4.69, 9.17) is 5.11 Å². The molecule has 50 valence electrons. The molecule has 1 heteroatoms. The lowest BCUT2D eigenvalue weighted by molar-refractivity contribution is 0.323. The van der Waals surface area contributed by atoms with Crippen LogP contribution in [0.5, 0.6) is 0 Å². The summed E-state index contributed by atoms with van der Waals surface area (Å²) in [6.45, 7) is 2.37. The Labute approximate surface area is 55.7 Å². The maximum atomic E-state index is 8.71. The topological polar surface area (TPSA) is 20.2 Å². The van der Waals surface area contributed by atoms with Gasteiger partial charge in [0.2, 0.25) is 0 Å². The van der Waals surface area contributed by atoms with E-state index in [0.29, 0.717) is 5.92 Å². The molecule has 0 radical (unpaired) electrons. The Hall–Kier alpha value is -0.560. The maximum Gasteiger partial charge on any atom is 0.0645 e. The number of rotatable bonds is 1. The molecule has 1 aliphatic rings. The lowest BCUT2D eigenvalue weighted by Crippen LogP contribution is -2.00. The Balaban J connectivity index is 2.55. The van der Waals surface area contributed by atoms with Crippen LogP contribution in [0.3, 0.4) is 0 Å². The Kier molecular flexibility index (Phi) is 2.06. The van der Waals surface area contributed by atoms with Gasteiger partial charge in [-0.3, -0.25) is 0 Å². The molecule has 1 aliphatic carbocycles. The fourth-order valence-electron chi connectivity index (χ4n) is 1.05. The lowest BCUT2D eigenvalue weighted by Gasteiger charge is -2.11. The summed E-state index contributed by atoms with van der Waals surface area (Å²) in [5.74, 6) is 0.608. The molecule has 0 aromatic rings. The molecule has 0 heterocycles. The van der Waals surface area contributed by atoms with Gasteiger partial charge in [-0.2, -0.15) is 0 Å². The first-order chi connectivity index (χ1) is 4.33. The largest absolute Gasteiger partial charge is 0.392 e. The molecule has 0 aromatic carbocycles. The third-order valence-electron chi connectivity index (χ3n) is 1.56. The van der Waals surface area contributed by atoms with Crippen LogP contribution < -0.4 is 0 Å². The van der Waals surface area contributed by atoms with Gasteiger partial charge in [0.05, 0.1) is 6.61 Å². The first-order valence-electron chi connectivity index (χ1n) is 3.30. The van der Waals surface area contributed by atoms with Crippen molar-refractivity contribution in [2.45, 2.75) is 13.3 Å². The first kappa shape index (κ1) is 6.56. The predicted molar refractivity (Wildman–Crippen MR) is 38.1 cm³/mol. The monoisotopic (exact) mass is 124 g/mol. The summed E-state index contributed by atoms with van der Waals surface area (Å²) in [4.78, 5) is 0. The minimum absolute atomic E-state index is 0.217. The maximum absolute atomic E-state index is 8.71. The first-order valence-corrected chi connectivity index (χ1v) is 3.30. The normalized spacial score (nSPS) is 26.0. The Morgan fingerprint density at radius 3 is 3.00 bits per heavy atom. The highest BCUT2D eigenvalue weighted by Crippen LogP contribution is 2.16. The summed E-state index contributed by atoms with van der Waals surface area (Å²) < 4.78 is 0. The summed E-state index contributed by atoms with van der Waals surface area (Å²) >= 11 is 0. The van der Waals surface area contributed by atoms with Gasteiger partial charge in [0, 0.05) is 0 Å².